The number of nitrogens with zero attached hydrogens (tertiary/aromatic N) is 3. The molecule has 1 heterocycles. The molecule has 0 saturated carbocycles. The second-order valence-electron chi connectivity index (χ2n) is 6.92. The van der Waals surface area contributed by atoms with Crippen LogP contribution in [-0.4, -0.2) is 22.6 Å². The van der Waals surface area contributed by atoms with Crippen LogP contribution in [0.2, 0.25) is 0 Å². The van der Waals surface area contributed by atoms with E-state index in [1.54, 1.807) is 6.33 Å². The van der Waals surface area contributed by atoms with E-state index >= 15 is 0 Å². The molecule has 1 aromatic heterocycles. The molecule has 1 N–H and O–H groups in total. The normalized spacial score (nSPS) is 11.5. The molecule has 0 fully saturated rings. The van der Waals surface area contributed by atoms with Crippen molar-refractivity contribution in [2.24, 2.45) is 9.98 Å². The number of aryl methyl sites for hydroxylation is 4. The minimum atomic E-state index is 0.415. The first kappa shape index (κ1) is 19.5. The van der Waals surface area contributed by atoms with Crippen LogP contribution >= 0.6 is 0 Å². The van der Waals surface area contributed by atoms with Gasteiger partial charge >= 0.3 is 0 Å². The Balaban J connectivity index is 2.04. The second-order valence-corrected chi connectivity index (χ2v) is 6.92. The molecule has 0 atom stereocenters. The number of aromatic amines is 1. The van der Waals surface area contributed by atoms with Crippen LogP contribution < -0.4 is 4.74 Å². The van der Waals surface area contributed by atoms with Gasteiger partial charge in [0.1, 0.15) is 11.4 Å². The number of hydrogen-bond donors (Lipinski definition) is 1. The predicted octanol–water partition coefficient (Wildman–Crippen LogP) is 5.78. The van der Waals surface area contributed by atoms with Crippen molar-refractivity contribution in [1.82, 2.24) is 9.97 Å². The molecule has 0 amide bonds. The van der Waals surface area contributed by atoms with Crippen LogP contribution in [0.4, 0.5) is 11.5 Å². The average molecular weight is 374 g/mol. The highest BCUT2D eigenvalue weighted by Crippen LogP contribution is 2.28. The van der Waals surface area contributed by atoms with E-state index in [2.05, 4.69) is 59.8 Å². The molecule has 0 aliphatic heterocycles. The summed E-state index contributed by atoms with van der Waals surface area (Å²) in [5.41, 5.74) is 6.01. The minimum Gasteiger partial charge on any atom is -0.436 e. The van der Waals surface area contributed by atoms with E-state index in [0.717, 1.165) is 35.4 Å². The fourth-order valence-electron chi connectivity index (χ4n) is 3.26. The molecule has 5 heteroatoms. The van der Waals surface area contributed by atoms with E-state index in [4.69, 9.17) is 9.73 Å². The molecule has 3 rings (SSSR count). The number of imidazole rings is 1. The van der Waals surface area contributed by atoms with Gasteiger partial charge in [-0.25, -0.2) is 15.0 Å². The van der Waals surface area contributed by atoms with E-state index in [-0.39, 0.29) is 0 Å². The third kappa shape index (κ3) is 4.36. The second kappa shape index (κ2) is 8.65. The molecule has 5 nitrogen and oxygen atoms in total. The molecule has 3 aromatic rings. The molecule has 0 bridgehead atoms. The van der Waals surface area contributed by atoms with Crippen LogP contribution in [0, 0.1) is 20.8 Å². The lowest BCUT2D eigenvalue weighted by molar-refractivity contribution is 0.541. The largest absolute Gasteiger partial charge is 0.436 e. The van der Waals surface area contributed by atoms with Gasteiger partial charge in [0.15, 0.2) is 5.82 Å². The van der Waals surface area contributed by atoms with E-state index < -0.39 is 0 Å². The quantitative estimate of drug-likeness (QED) is 0.439. The van der Waals surface area contributed by atoms with E-state index in [0.29, 0.717) is 17.4 Å². The van der Waals surface area contributed by atoms with E-state index in [1.165, 1.54) is 11.1 Å². The molecule has 2 aromatic carbocycles. The topological polar surface area (TPSA) is 62.6 Å². The Morgan fingerprint density at radius 3 is 2.39 bits per heavy atom. The van der Waals surface area contributed by atoms with Crippen LogP contribution in [0.15, 0.2) is 52.7 Å². The lowest BCUT2D eigenvalue weighted by Gasteiger charge is -2.14. The number of hydrogen-bond acceptors (Lipinski definition) is 4. The Hall–Kier alpha value is -3.21. The maximum absolute atomic E-state index is 6.29. The maximum Gasteiger partial charge on any atom is 0.247 e. The molecule has 0 saturated heterocycles. The first-order valence-electron chi connectivity index (χ1n) is 9.45. The number of nitrogens with one attached hydrogen (secondary N) is 1. The molecule has 0 spiro atoms. The Morgan fingerprint density at radius 1 is 1.11 bits per heavy atom. The first-order chi connectivity index (χ1) is 13.5. The van der Waals surface area contributed by atoms with Gasteiger partial charge in [-0.15, -0.1) is 0 Å². The average Bonchev–Trinajstić information content (AvgIpc) is 3.14. The van der Waals surface area contributed by atoms with Gasteiger partial charge in [0, 0.05) is 0 Å². The summed E-state index contributed by atoms with van der Waals surface area (Å²) in [5, 5.41) is 0. The molecule has 0 aliphatic rings. The van der Waals surface area contributed by atoms with Crippen molar-refractivity contribution >= 4 is 24.1 Å². The number of H-pyrrole nitrogens is 1. The highest BCUT2D eigenvalue weighted by atomic mass is 16.5. The van der Waals surface area contributed by atoms with Crippen molar-refractivity contribution in [3.63, 3.8) is 0 Å². The van der Waals surface area contributed by atoms with Crippen LogP contribution in [0.1, 0.15) is 41.3 Å². The molecular weight excluding hydrogens is 348 g/mol. The Bertz CT molecular complexity index is 977. The zero-order valence-corrected chi connectivity index (χ0v) is 16.9. The number of benzene rings is 2. The summed E-state index contributed by atoms with van der Waals surface area (Å²) in [4.78, 5) is 16.0. The van der Waals surface area contributed by atoms with Crippen molar-refractivity contribution in [3.8, 4) is 5.75 Å². The zero-order chi connectivity index (χ0) is 20.1. The lowest BCUT2D eigenvalue weighted by Crippen LogP contribution is -2.13. The third-order valence-electron chi connectivity index (χ3n) is 4.49. The minimum absolute atomic E-state index is 0.415. The SMILES string of the molecule is C=Nc1nc[nH]c1C(=Nc1ccc(CCC)cc1)Oc1c(C)cc(C)cc1C. The van der Waals surface area contributed by atoms with E-state index in [9.17, 15) is 0 Å². The standard InChI is InChI=1S/C23H26N4O/c1-6-7-18-8-10-19(11-9-18)27-23(20-22(24-5)26-14-25-20)28-21-16(3)12-15(2)13-17(21)4/h8-14H,5-7H2,1-4H3,(H,25,26). The van der Waals surface area contributed by atoms with Gasteiger partial charge in [0.25, 0.3) is 0 Å². The third-order valence-corrected chi connectivity index (χ3v) is 4.49. The summed E-state index contributed by atoms with van der Waals surface area (Å²) in [6.07, 6.45) is 3.74. The van der Waals surface area contributed by atoms with Crippen molar-refractivity contribution in [3.05, 3.63) is 70.7 Å². The lowest BCUT2D eigenvalue weighted by atomic mass is 10.1. The molecular formula is C23H26N4O. The smallest absolute Gasteiger partial charge is 0.247 e. The van der Waals surface area contributed by atoms with Gasteiger partial charge in [0.05, 0.1) is 12.0 Å². The van der Waals surface area contributed by atoms with Crippen LogP contribution in [-0.2, 0) is 6.42 Å². The molecule has 0 aliphatic carbocycles. The van der Waals surface area contributed by atoms with Crippen LogP contribution in [0.25, 0.3) is 0 Å². The highest BCUT2D eigenvalue weighted by Gasteiger charge is 2.17. The summed E-state index contributed by atoms with van der Waals surface area (Å²) >= 11 is 0. The van der Waals surface area contributed by atoms with Crippen molar-refractivity contribution in [2.75, 3.05) is 0 Å². The number of aliphatic imine (C=N–C) groups is 2. The summed E-state index contributed by atoms with van der Waals surface area (Å²) < 4.78 is 6.29. The summed E-state index contributed by atoms with van der Waals surface area (Å²) in [6.45, 7) is 11.9. The van der Waals surface area contributed by atoms with Gasteiger partial charge < -0.3 is 9.72 Å². The number of aromatic nitrogens is 2. The number of rotatable bonds is 6. The molecule has 0 radical (unpaired) electrons. The van der Waals surface area contributed by atoms with Crippen LogP contribution in [0.3, 0.4) is 0 Å². The summed E-state index contributed by atoms with van der Waals surface area (Å²) in [6, 6.07) is 12.4. The van der Waals surface area contributed by atoms with Crippen molar-refractivity contribution in [1.29, 1.82) is 0 Å². The summed E-state index contributed by atoms with van der Waals surface area (Å²) in [5.74, 6) is 1.67. The van der Waals surface area contributed by atoms with Crippen molar-refractivity contribution < 1.29 is 4.74 Å². The van der Waals surface area contributed by atoms with Crippen LogP contribution in [0.5, 0.6) is 5.75 Å². The predicted molar refractivity (Wildman–Crippen MR) is 116 cm³/mol. The van der Waals surface area contributed by atoms with Gasteiger partial charge in [0.2, 0.25) is 5.90 Å². The van der Waals surface area contributed by atoms with E-state index in [1.807, 2.05) is 26.0 Å². The molecule has 28 heavy (non-hydrogen) atoms. The Morgan fingerprint density at radius 2 is 1.79 bits per heavy atom. The number of ether oxygens (including phenoxy) is 1. The fourth-order valence-corrected chi connectivity index (χ4v) is 3.26. The highest BCUT2D eigenvalue weighted by molar-refractivity contribution is 5.99. The van der Waals surface area contributed by atoms with Gasteiger partial charge in [-0.05, 0) is 62.7 Å². The first-order valence-corrected chi connectivity index (χ1v) is 9.45. The molecule has 144 valence electrons. The Kier molecular flexibility index (Phi) is 6.04. The molecule has 0 unspecified atom stereocenters. The monoisotopic (exact) mass is 374 g/mol. The summed E-state index contributed by atoms with van der Waals surface area (Å²) in [7, 11) is 0. The van der Waals surface area contributed by atoms with Crippen molar-refractivity contribution in [2.45, 2.75) is 40.5 Å². The van der Waals surface area contributed by atoms with Gasteiger partial charge in [-0.2, -0.15) is 0 Å². The maximum atomic E-state index is 6.29. The fraction of sp³-hybridized carbons (Fsp3) is 0.261. The zero-order valence-electron chi connectivity index (χ0n) is 16.9. The Labute approximate surface area is 166 Å². The van der Waals surface area contributed by atoms with Gasteiger partial charge in [-0.3, -0.25) is 0 Å². The van der Waals surface area contributed by atoms with Gasteiger partial charge in [-0.1, -0.05) is 43.2 Å².